The third kappa shape index (κ3) is 3.50. The number of nitrogens with zero attached hydrogens (tertiary/aromatic N) is 2. The number of rotatable bonds is 3. The van der Waals surface area contributed by atoms with Crippen LogP contribution in [0.25, 0.3) is 5.57 Å². The first-order chi connectivity index (χ1) is 11.8. The number of anilines is 1. The van der Waals surface area contributed by atoms with Gasteiger partial charge >= 0.3 is 0 Å². The molecule has 0 atom stereocenters. The molecule has 1 heterocycles. The monoisotopic (exact) mass is 352 g/mol. The van der Waals surface area contributed by atoms with Crippen LogP contribution in [0.2, 0.25) is 5.02 Å². The van der Waals surface area contributed by atoms with Crippen LogP contribution in [-0.4, -0.2) is 18.3 Å². The number of benzene rings is 2. The summed E-state index contributed by atoms with van der Waals surface area (Å²) in [4.78, 5) is 7.06. The third-order valence-corrected chi connectivity index (χ3v) is 5.08. The summed E-state index contributed by atoms with van der Waals surface area (Å²) in [6.45, 7) is 12.1. The number of aliphatic imine (C=N–C) groups is 1. The second kappa shape index (κ2) is 6.68. The molecule has 0 bridgehead atoms. The van der Waals surface area contributed by atoms with E-state index in [9.17, 15) is 0 Å². The van der Waals surface area contributed by atoms with Crippen molar-refractivity contribution in [3.63, 3.8) is 0 Å². The minimum atomic E-state index is 0.0364. The smallest absolute Gasteiger partial charge is 0.0644 e. The molecule has 2 nitrogen and oxygen atoms in total. The molecule has 0 spiro atoms. The SMILES string of the molecule is CCN1c2cc(C)c(C=Nc3cccc(Cl)c3)cc2C(C)=CC1(C)C. The van der Waals surface area contributed by atoms with E-state index < -0.39 is 0 Å². The first-order valence-electron chi connectivity index (χ1n) is 8.73. The molecule has 2 aromatic carbocycles. The standard InChI is InChI=1S/C22H25ClN2/c1-6-25-21-10-15(2)17(11-20(21)16(3)13-22(25,4)5)14-24-19-9-7-8-18(23)12-19/h7-14H,6H2,1-5H3. The number of aryl methyl sites for hydroxylation is 1. The van der Waals surface area contributed by atoms with E-state index in [-0.39, 0.29) is 5.54 Å². The van der Waals surface area contributed by atoms with Crippen LogP contribution in [0, 0.1) is 6.92 Å². The van der Waals surface area contributed by atoms with Gasteiger partial charge < -0.3 is 4.90 Å². The molecule has 0 unspecified atom stereocenters. The molecule has 0 saturated heterocycles. The van der Waals surface area contributed by atoms with E-state index in [2.05, 4.69) is 62.7 Å². The number of hydrogen-bond acceptors (Lipinski definition) is 2. The maximum Gasteiger partial charge on any atom is 0.0644 e. The Hall–Kier alpha value is -2.06. The molecule has 0 N–H and O–H groups in total. The number of fused-ring (bicyclic) bond motifs is 1. The van der Waals surface area contributed by atoms with Crippen LogP contribution < -0.4 is 4.90 Å². The summed E-state index contributed by atoms with van der Waals surface area (Å²) in [5, 5.41) is 0.705. The van der Waals surface area contributed by atoms with Crippen molar-refractivity contribution in [2.24, 2.45) is 4.99 Å². The summed E-state index contributed by atoms with van der Waals surface area (Å²) in [7, 11) is 0. The molecule has 0 radical (unpaired) electrons. The first kappa shape index (κ1) is 17.8. The molecule has 0 aliphatic carbocycles. The number of likely N-dealkylation sites (N-methyl/N-ethyl adjacent to an activating group) is 1. The molecule has 3 heteroatoms. The quantitative estimate of drug-likeness (QED) is 0.582. The second-order valence-corrected chi connectivity index (χ2v) is 7.63. The average Bonchev–Trinajstić information content (AvgIpc) is 2.53. The summed E-state index contributed by atoms with van der Waals surface area (Å²) < 4.78 is 0. The Bertz CT molecular complexity index is 862. The van der Waals surface area contributed by atoms with Gasteiger partial charge in [0.25, 0.3) is 0 Å². The van der Waals surface area contributed by atoms with Gasteiger partial charge in [-0.05, 0) is 81.7 Å². The zero-order valence-electron chi connectivity index (χ0n) is 15.6. The van der Waals surface area contributed by atoms with Crippen molar-refractivity contribution in [3.05, 3.63) is 64.2 Å². The number of halogens is 1. The minimum Gasteiger partial charge on any atom is -0.363 e. The maximum atomic E-state index is 6.04. The van der Waals surface area contributed by atoms with Crippen LogP contribution in [-0.2, 0) is 0 Å². The molecule has 2 aromatic rings. The molecule has 1 aliphatic heterocycles. The average molecular weight is 353 g/mol. The van der Waals surface area contributed by atoms with Gasteiger partial charge in [-0.3, -0.25) is 4.99 Å². The highest BCUT2D eigenvalue weighted by atomic mass is 35.5. The van der Waals surface area contributed by atoms with Gasteiger partial charge in [-0.25, -0.2) is 0 Å². The van der Waals surface area contributed by atoms with Crippen molar-refractivity contribution in [2.45, 2.75) is 40.2 Å². The van der Waals surface area contributed by atoms with Gasteiger partial charge in [0.1, 0.15) is 0 Å². The first-order valence-corrected chi connectivity index (χ1v) is 9.11. The van der Waals surface area contributed by atoms with Crippen molar-refractivity contribution >= 4 is 34.8 Å². The molecular formula is C22H25ClN2. The van der Waals surface area contributed by atoms with E-state index in [1.165, 1.54) is 22.4 Å². The fourth-order valence-corrected chi connectivity index (χ4v) is 3.85. The molecule has 0 fully saturated rings. The Morgan fingerprint density at radius 1 is 1.16 bits per heavy atom. The van der Waals surface area contributed by atoms with Gasteiger partial charge in [-0.15, -0.1) is 0 Å². The predicted molar refractivity (Wildman–Crippen MR) is 111 cm³/mol. The normalized spacial score (nSPS) is 16.1. The van der Waals surface area contributed by atoms with Crippen LogP contribution in [0.4, 0.5) is 11.4 Å². The molecule has 0 amide bonds. The van der Waals surface area contributed by atoms with E-state index in [0.717, 1.165) is 17.8 Å². The highest BCUT2D eigenvalue weighted by Gasteiger charge is 2.30. The topological polar surface area (TPSA) is 15.6 Å². The summed E-state index contributed by atoms with van der Waals surface area (Å²) in [6, 6.07) is 12.2. The lowest BCUT2D eigenvalue weighted by Crippen LogP contribution is -2.45. The predicted octanol–water partition coefficient (Wildman–Crippen LogP) is 6.42. The highest BCUT2D eigenvalue weighted by Crippen LogP contribution is 2.39. The van der Waals surface area contributed by atoms with Gasteiger partial charge in [0.15, 0.2) is 0 Å². The van der Waals surface area contributed by atoms with Gasteiger partial charge in [0.2, 0.25) is 0 Å². The van der Waals surface area contributed by atoms with Crippen LogP contribution in [0.1, 0.15) is 44.4 Å². The lowest BCUT2D eigenvalue weighted by molar-refractivity contribution is 0.566. The Morgan fingerprint density at radius 2 is 1.92 bits per heavy atom. The van der Waals surface area contributed by atoms with Gasteiger partial charge in [0.05, 0.1) is 11.2 Å². The van der Waals surface area contributed by atoms with Crippen LogP contribution in [0.3, 0.4) is 0 Å². The van der Waals surface area contributed by atoms with Gasteiger partial charge in [-0.1, -0.05) is 23.7 Å². The van der Waals surface area contributed by atoms with Gasteiger partial charge in [0, 0.05) is 29.0 Å². The molecule has 1 aliphatic rings. The second-order valence-electron chi connectivity index (χ2n) is 7.19. The third-order valence-electron chi connectivity index (χ3n) is 4.84. The summed E-state index contributed by atoms with van der Waals surface area (Å²) in [5.74, 6) is 0. The summed E-state index contributed by atoms with van der Waals surface area (Å²) in [6.07, 6.45) is 4.29. The highest BCUT2D eigenvalue weighted by molar-refractivity contribution is 6.30. The number of hydrogen-bond donors (Lipinski definition) is 0. The largest absolute Gasteiger partial charge is 0.363 e. The van der Waals surface area contributed by atoms with Crippen molar-refractivity contribution in [1.82, 2.24) is 0 Å². The summed E-state index contributed by atoms with van der Waals surface area (Å²) in [5.41, 5.74) is 7.20. The maximum absolute atomic E-state index is 6.04. The molecule has 0 aromatic heterocycles. The fraction of sp³-hybridized carbons (Fsp3) is 0.318. The van der Waals surface area contributed by atoms with Crippen molar-refractivity contribution in [1.29, 1.82) is 0 Å². The lowest BCUT2D eigenvalue weighted by Gasteiger charge is -2.43. The zero-order chi connectivity index (χ0) is 18.2. The van der Waals surface area contributed by atoms with E-state index >= 15 is 0 Å². The van der Waals surface area contributed by atoms with Gasteiger partial charge in [-0.2, -0.15) is 0 Å². The van der Waals surface area contributed by atoms with Crippen molar-refractivity contribution < 1.29 is 0 Å². The molecule has 3 rings (SSSR count). The van der Waals surface area contributed by atoms with E-state index in [4.69, 9.17) is 11.6 Å². The van der Waals surface area contributed by atoms with Crippen LogP contribution in [0.15, 0.2) is 47.5 Å². The molecular weight excluding hydrogens is 328 g/mol. The fourth-order valence-electron chi connectivity index (χ4n) is 3.66. The Morgan fingerprint density at radius 3 is 2.60 bits per heavy atom. The Kier molecular flexibility index (Phi) is 4.75. The van der Waals surface area contributed by atoms with Crippen molar-refractivity contribution in [3.8, 4) is 0 Å². The molecule has 130 valence electrons. The Labute approximate surface area is 155 Å². The minimum absolute atomic E-state index is 0.0364. The van der Waals surface area contributed by atoms with Crippen LogP contribution in [0.5, 0.6) is 0 Å². The van der Waals surface area contributed by atoms with Crippen LogP contribution >= 0.6 is 11.6 Å². The zero-order valence-corrected chi connectivity index (χ0v) is 16.4. The van der Waals surface area contributed by atoms with E-state index in [0.29, 0.717) is 5.02 Å². The molecule has 25 heavy (non-hydrogen) atoms. The van der Waals surface area contributed by atoms with E-state index in [1.807, 2.05) is 30.5 Å². The number of allylic oxidation sites excluding steroid dienone is 1. The molecule has 0 saturated carbocycles. The Balaban J connectivity index is 2.03. The lowest BCUT2D eigenvalue weighted by atomic mass is 9.87. The van der Waals surface area contributed by atoms with E-state index in [1.54, 1.807) is 0 Å². The van der Waals surface area contributed by atoms with Crippen molar-refractivity contribution in [2.75, 3.05) is 11.4 Å². The summed E-state index contributed by atoms with van der Waals surface area (Å²) >= 11 is 6.04.